The lowest BCUT2D eigenvalue weighted by Crippen LogP contribution is -2.52. The fraction of sp³-hybridized carbons (Fsp3) is 0.500. The Hall–Kier alpha value is -2.42. The van der Waals surface area contributed by atoms with Crippen LogP contribution in [0.4, 0.5) is 0 Å². The third-order valence-electron chi connectivity index (χ3n) is 3.57. The first-order chi connectivity index (χ1) is 10.2. The second kappa shape index (κ2) is 7.03. The van der Waals surface area contributed by atoms with E-state index in [-0.39, 0.29) is 11.5 Å². The lowest BCUT2D eigenvalue weighted by atomic mass is 9.90. The van der Waals surface area contributed by atoms with Gasteiger partial charge >= 0.3 is 5.97 Å². The Balaban J connectivity index is 2.70. The molecule has 0 spiro atoms. The molecule has 22 heavy (non-hydrogen) atoms. The molecular weight excluding hydrogens is 282 g/mol. The number of nitrogens with one attached hydrogen (secondary N) is 1. The van der Waals surface area contributed by atoms with E-state index >= 15 is 0 Å². The Morgan fingerprint density at radius 1 is 1.36 bits per heavy atom. The van der Waals surface area contributed by atoms with Crippen LogP contribution in [0.2, 0.25) is 0 Å². The van der Waals surface area contributed by atoms with Crippen molar-refractivity contribution in [3.05, 3.63) is 29.6 Å². The number of nitrogens with zero attached hydrogens (tertiary/aromatic N) is 2. The highest BCUT2D eigenvalue weighted by Gasteiger charge is 2.32. The van der Waals surface area contributed by atoms with Gasteiger partial charge in [-0.3, -0.25) is 9.78 Å². The van der Waals surface area contributed by atoms with Gasteiger partial charge in [-0.2, -0.15) is 5.26 Å². The zero-order valence-electron chi connectivity index (χ0n) is 13.5. The summed E-state index contributed by atoms with van der Waals surface area (Å²) in [7, 11) is 0. The smallest absolute Gasteiger partial charge is 0.340 e. The first-order valence-electron chi connectivity index (χ1n) is 7.06. The summed E-state index contributed by atoms with van der Waals surface area (Å²) in [4.78, 5) is 28.0. The second-order valence-corrected chi connectivity index (χ2v) is 5.69. The molecule has 0 aromatic carbocycles. The average molecular weight is 303 g/mol. The average Bonchev–Trinajstić information content (AvgIpc) is 2.47. The molecule has 0 radical (unpaired) electrons. The van der Waals surface area contributed by atoms with Gasteiger partial charge in [0.1, 0.15) is 5.54 Å². The molecule has 1 N–H and O–H groups in total. The van der Waals surface area contributed by atoms with Crippen molar-refractivity contribution in [1.29, 1.82) is 5.26 Å². The van der Waals surface area contributed by atoms with Crippen molar-refractivity contribution in [2.45, 2.75) is 46.3 Å². The number of esters is 1. The Morgan fingerprint density at radius 2 is 2.00 bits per heavy atom. The molecule has 0 saturated heterocycles. The van der Waals surface area contributed by atoms with Gasteiger partial charge in [0.25, 0.3) is 5.91 Å². The molecule has 0 unspecified atom stereocenters. The summed E-state index contributed by atoms with van der Waals surface area (Å²) in [6.07, 6.45) is 0.399. The molecule has 0 aliphatic rings. The van der Waals surface area contributed by atoms with Gasteiger partial charge in [0.15, 0.2) is 6.10 Å². The molecule has 6 nitrogen and oxygen atoms in total. The van der Waals surface area contributed by atoms with Crippen LogP contribution in [0.5, 0.6) is 0 Å². The highest BCUT2D eigenvalue weighted by atomic mass is 16.5. The molecule has 0 bridgehead atoms. The molecule has 0 aliphatic heterocycles. The number of hydrogen-bond donors (Lipinski definition) is 1. The van der Waals surface area contributed by atoms with Crippen molar-refractivity contribution in [3.8, 4) is 6.07 Å². The summed E-state index contributed by atoms with van der Waals surface area (Å²) < 4.78 is 5.11. The van der Waals surface area contributed by atoms with Gasteiger partial charge in [-0.25, -0.2) is 4.79 Å². The lowest BCUT2D eigenvalue weighted by Gasteiger charge is -2.28. The zero-order valence-corrected chi connectivity index (χ0v) is 13.5. The van der Waals surface area contributed by atoms with E-state index in [0.29, 0.717) is 0 Å². The Morgan fingerprint density at radius 3 is 2.45 bits per heavy atom. The van der Waals surface area contributed by atoms with Gasteiger partial charge in [-0.05, 0) is 38.8 Å². The molecule has 1 aromatic heterocycles. The largest absolute Gasteiger partial charge is 0.449 e. The molecular formula is C16H21N3O3. The van der Waals surface area contributed by atoms with Crippen LogP contribution in [-0.4, -0.2) is 28.5 Å². The number of aryl methyl sites for hydroxylation is 1. The number of rotatable bonds is 5. The van der Waals surface area contributed by atoms with Crippen LogP contribution in [0.15, 0.2) is 18.3 Å². The summed E-state index contributed by atoms with van der Waals surface area (Å²) in [5, 5.41) is 11.8. The first kappa shape index (κ1) is 17.6. The second-order valence-electron chi connectivity index (χ2n) is 5.69. The van der Waals surface area contributed by atoms with Crippen molar-refractivity contribution in [1.82, 2.24) is 10.3 Å². The number of pyridine rings is 1. The van der Waals surface area contributed by atoms with Crippen molar-refractivity contribution in [3.63, 3.8) is 0 Å². The molecule has 118 valence electrons. The van der Waals surface area contributed by atoms with Gasteiger partial charge in [-0.1, -0.05) is 13.8 Å². The number of aromatic nitrogens is 1. The van der Waals surface area contributed by atoms with Crippen molar-refractivity contribution in [2.75, 3.05) is 0 Å². The van der Waals surface area contributed by atoms with Gasteiger partial charge in [0.05, 0.1) is 11.6 Å². The number of amides is 1. The van der Waals surface area contributed by atoms with Crippen molar-refractivity contribution >= 4 is 11.9 Å². The summed E-state index contributed by atoms with van der Waals surface area (Å²) in [6.45, 7) is 8.57. The zero-order chi connectivity index (χ0) is 16.9. The minimum atomic E-state index is -1.01. The van der Waals surface area contributed by atoms with Crippen molar-refractivity contribution < 1.29 is 14.3 Å². The molecule has 0 saturated carbocycles. The minimum Gasteiger partial charge on any atom is -0.449 e. The SMILES string of the molecule is Cc1ccc(C(=O)O[C@@H](C)C(=O)N[C@](C)(C#N)C(C)C)cn1. The number of hydrogen-bond acceptors (Lipinski definition) is 5. The van der Waals surface area contributed by atoms with E-state index < -0.39 is 23.5 Å². The fourth-order valence-corrected chi connectivity index (χ4v) is 1.53. The van der Waals surface area contributed by atoms with Crippen LogP contribution in [-0.2, 0) is 9.53 Å². The van der Waals surface area contributed by atoms with Crippen LogP contribution >= 0.6 is 0 Å². The summed E-state index contributed by atoms with van der Waals surface area (Å²) in [5.41, 5.74) is 0.0459. The summed E-state index contributed by atoms with van der Waals surface area (Å²) >= 11 is 0. The highest BCUT2D eigenvalue weighted by Crippen LogP contribution is 2.15. The molecule has 6 heteroatoms. The fourth-order valence-electron chi connectivity index (χ4n) is 1.53. The number of carbonyl (C=O) groups excluding carboxylic acids is 2. The van der Waals surface area contributed by atoms with Crippen LogP contribution in [0, 0.1) is 24.2 Å². The maximum absolute atomic E-state index is 12.1. The molecule has 0 aliphatic carbocycles. The normalized spacial score (nSPS) is 14.6. The topological polar surface area (TPSA) is 92.1 Å². The van der Waals surface area contributed by atoms with E-state index in [1.54, 1.807) is 26.0 Å². The van der Waals surface area contributed by atoms with E-state index in [4.69, 9.17) is 4.74 Å². The van der Waals surface area contributed by atoms with E-state index in [2.05, 4.69) is 16.4 Å². The quantitative estimate of drug-likeness (QED) is 0.840. The van der Waals surface area contributed by atoms with E-state index in [1.165, 1.54) is 13.1 Å². The maximum atomic E-state index is 12.1. The van der Waals surface area contributed by atoms with E-state index in [1.807, 2.05) is 13.8 Å². The van der Waals surface area contributed by atoms with Gasteiger partial charge in [0, 0.05) is 11.9 Å². The monoisotopic (exact) mass is 303 g/mol. The molecule has 2 atom stereocenters. The third kappa shape index (κ3) is 4.29. The summed E-state index contributed by atoms with van der Waals surface area (Å²) in [5.74, 6) is -1.21. The molecule has 0 fully saturated rings. The highest BCUT2D eigenvalue weighted by molar-refractivity contribution is 5.92. The molecule has 1 aromatic rings. The summed E-state index contributed by atoms with van der Waals surface area (Å²) in [6, 6.07) is 5.35. The third-order valence-corrected chi connectivity index (χ3v) is 3.57. The van der Waals surface area contributed by atoms with Gasteiger partial charge in [-0.15, -0.1) is 0 Å². The van der Waals surface area contributed by atoms with E-state index in [0.717, 1.165) is 5.69 Å². The standard InChI is InChI=1S/C16H21N3O3/c1-10(2)16(5,9-17)19-14(20)12(4)22-15(21)13-7-6-11(3)18-8-13/h6-8,10,12H,1-5H3,(H,19,20)/t12-,16+/m0/s1. The number of carbonyl (C=O) groups is 2. The van der Waals surface area contributed by atoms with Gasteiger partial charge < -0.3 is 10.1 Å². The van der Waals surface area contributed by atoms with Gasteiger partial charge in [0.2, 0.25) is 0 Å². The van der Waals surface area contributed by atoms with E-state index in [9.17, 15) is 14.9 Å². The molecule has 1 heterocycles. The predicted molar refractivity (Wildman–Crippen MR) is 80.9 cm³/mol. The first-order valence-corrected chi connectivity index (χ1v) is 7.06. The Labute approximate surface area is 130 Å². The lowest BCUT2D eigenvalue weighted by molar-refractivity contribution is -0.130. The minimum absolute atomic E-state index is 0.0781. The van der Waals surface area contributed by atoms with Crippen LogP contribution < -0.4 is 5.32 Å². The maximum Gasteiger partial charge on any atom is 0.340 e. The van der Waals surface area contributed by atoms with Crippen LogP contribution in [0.25, 0.3) is 0 Å². The molecule has 1 rings (SSSR count). The Bertz CT molecular complexity index is 590. The van der Waals surface area contributed by atoms with Crippen molar-refractivity contribution in [2.24, 2.45) is 5.92 Å². The Kier molecular flexibility index (Phi) is 5.63. The number of nitriles is 1. The van der Waals surface area contributed by atoms with Crippen LogP contribution in [0.1, 0.15) is 43.7 Å². The number of ether oxygens (including phenoxy) is 1. The molecule has 1 amide bonds. The predicted octanol–water partition coefficient (Wildman–Crippen LogP) is 1.99. The van der Waals surface area contributed by atoms with Crippen LogP contribution in [0.3, 0.4) is 0 Å².